The van der Waals surface area contributed by atoms with Crippen molar-refractivity contribution in [3.8, 4) is 0 Å². The molecule has 1 fully saturated rings. The van der Waals surface area contributed by atoms with E-state index < -0.39 is 5.97 Å². The molecule has 3 aliphatic rings. The van der Waals surface area contributed by atoms with Crippen molar-refractivity contribution in [1.82, 2.24) is 14.5 Å². The van der Waals surface area contributed by atoms with Crippen LogP contribution in [-0.2, 0) is 27.5 Å². The molecular formula is C13H12N3NaO5S. The summed E-state index contributed by atoms with van der Waals surface area (Å²) in [5, 5.41) is 12.1. The van der Waals surface area contributed by atoms with Crippen LogP contribution in [0.5, 0.6) is 0 Å². The molecule has 1 saturated heterocycles. The van der Waals surface area contributed by atoms with Crippen molar-refractivity contribution in [2.75, 3.05) is 6.61 Å². The molecule has 1 atom stereocenters. The van der Waals surface area contributed by atoms with Crippen LogP contribution in [0.25, 0.3) is 6.08 Å². The van der Waals surface area contributed by atoms with Gasteiger partial charge in [0.25, 0.3) is 5.91 Å². The van der Waals surface area contributed by atoms with E-state index in [0.717, 1.165) is 11.5 Å². The maximum Gasteiger partial charge on any atom is 1.00 e. The second kappa shape index (κ2) is 6.80. The van der Waals surface area contributed by atoms with Crippen molar-refractivity contribution in [3.05, 3.63) is 34.4 Å². The van der Waals surface area contributed by atoms with E-state index in [1.165, 1.54) is 22.1 Å². The van der Waals surface area contributed by atoms with Gasteiger partial charge in [0, 0.05) is 6.54 Å². The van der Waals surface area contributed by atoms with Crippen molar-refractivity contribution in [2.24, 2.45) is 0 Å². The van der Waals surface area contributed by atoms with Gasteiger partial charge in [-0.05, 0) is 11.5 Å². The minimum absolute atomic E-state index is 0. The van der Waals surface area contributed by atoms with Gasteiger partial charge in [0.2, 0.25) is 0 Å². The minimum Gasteiger partial charge on any atom is -0.543 e. The van der Waals surface area contributed by atoms with Gasteiger partial charge in [-0.2, -0.15) is 0 Å². The molecule has 116 valence electrons. The molecule has 0 saturated carbocycles. The Hall–Kier alpha value is -1.10. The number of carboxylic acid groups (broad SMARTS) is 1. The third-order valence-electron chi connectivity index (χ3n) is 3.71. The summed E-state index contributed by atoms with van der Waals surface area (Å²) in [5.74, 6) is -0.774. The smallest absolute Gasteiger partial charge is 0.543 e. The van der Waals surface area contributed by atoms with E-state index in [4.69, 9.17) is 4.74 Å². The first-order valence-electron chi connectivity index (χ1n) is 6.41. The number of fused-ring (bicyclic) bond motifs is 2. The number of amides is 1. The second-order valence-electron chi connectivity index (χ2n) is 4.86. The Labute approximate surface area is 157 Å². The van der Waals surface area contributed by atoms with Gasteiger partial charge in [0.15, 0.2) is 0 Å². The molecule has 0 aromatic carbocycles. The van der Waals surface area contributed by atoms with Crippen LogP contribution in [0.1, 0.15) is 11.5 Å². The van der Waals surface area contributed by atoms with E-state index in [0.29, 0.717) is 25.3 Å². The summed E-state index contributed by atoms with van der Waals surface area (Å²) >= 11 is 1.30. The number of rotatable bonds is 2. The van der Waals surface area contributed by atoms with E-state index in [1.807, 2.05) is 4.57 Å². The molecule has 4 heterocycles. The number of imidazole rings is 1. The Morgan fingerprint density at radius 2 is 2.30 bits per heavy atom. The van der Waals surface area contributed by atoms with Crippen LogP contribution in [0.4, 0.5) is 0 Å². The number of hydrogen-bond donors (Lipinski definition) is 0. The molecular weight excluding hydrogens is 333 g/mol. The van der Waals surface area contributed by atoms with Crippen LogP contribution in [0.3, 0.4) is 0 Å². The minimum atomic E-state index is -1.32. The average molecular weight is 345 g/mol. The maximum absolute atomic E-state index is 12.1. The van der Waals surface area contributed by atoms with Gasteiger partial charge < -0.3 is 24.7 Å². The zero-order valence-corrected chi connectivity index (χ0v) is 15.1. The summed E-state index contributed by atoms with van der Waals surface area (Å²) in [6.07, 6.45) is 3.49. The topological polar surface area (TPSA) is 119 Å². The Morgan fingerprint density at radius 1 is 1.52 bits per heavy atom. The Balaban J connectivity index is 0.000000960. The normalized spacial score (nSPS) is 23.2. The monoisotopic (exact) mass is 345 g/mol. The summed E-state index contributed by atoms with van der Waals surface area (Å²) in [4.78, 5) is 28.5. The molecule has 1 unspecified atom stereocenters. The van der Waals surface area contributed by atoms with Gasteiger partial charge in [0.1, 0.15) is 17.8 Å². The average Bonchev–Trinajstić information content (AvgIpc) is 3.06. The standard InChI is InChI=1S/C13H11N3O4S.Na.H2O/c17-11-8(12-16(11)9(6-21-12)13(18)19)3-7-4-14-10-5-20-2-1-15(7)10;;/h3-4,6,12H,1-2,5H2,(H,18,19);;1H2/q;+1;/p-1. The molecule has 3 aliphatic heterocycles. The summed E-state index contributed by atoms with van der Waals surface area (Å²) in [6.45, 7) is 1.79. The largest absolute Gasteiger partial charge is 1.00 e. The van der Waals surface area contributed by atoms with Crippen LogP contribution >= 0.6 is 11.8 Å². The molecule has 1 aromatic rings. The molecule has 10 heteroatoms. The molecule has 1 amide bonds. The predicted molar refractivity (Wildman–Crippen MR) is 74.8 cm³/mol. The van der Waals surface area contributed by atoms with E-state index >= 15 is 0 Å². The third-order valence-corrected chi connectivity index (χ3v) is 4.79. The fourth-order valence-corrected chi connectivity index (χ4v) is 3.77. The number of thioether (sulfide) groups is 1. The number of hydrogen-bond acceptors (Lipinski definition) is 6. The second-order valence-corrected chi connectivity index (χ2v) is 5.81. The van der Waals surface area contributed by atoms with Crippen molar-refractivity contribution in [2.45, 2.75) is 18.5 Å². The molecule has 0 bridgehead atoms. The van der Waals surface area contributed by atoms with Crippen LogP contribution in [0, 0.1) is 0 Å². The van der Waals surface area contributed by atoms with E-state index in [1.54, 1.807) is 12.3 Å². The Bertz CT molecular complexity index is 729. The van der Waals surface area contributed by atoms with E-state index in [-0.39, 0.29) is 52.0 Å². The summed E-state index contributed by atoms with van der Waals surface area (Å²) in [7, 11) is 0. The van der Waals surface area contributed by atoms with Crippen molar-refractivity contribution in [3.63, 3.8) is 0 Å². The molecule has 0 radical (unpaired) electrons. The fourth-order valence-electron chi connectivity index (χ4n) is 2.66. The van der Waals surface area contributed by atoms with Crippen molar-refractivity contribution in [1.29, 1.82) is 0 Å². The molecule has 8 nitrogen and oxygen atoms in total. The van der Waals surface area contributed by atoms with E-state index in [2.05, 4.69) is 4.98 Å². The molecule has 2 N–H and O–H groups in total. The quantitative estimate of drug-likeness (QED) is 0.303. The maximum atomic E-state index is 12.1. The first-order valence-corrected chi connectivity index (χ1v) is 7.35. The predicted octanol–water partition coefficient (Wildman–Crippen LogP) is -4.52. The van der Waals surface area contributed by atoms with Gasteiger partial charge in [0.05, 0.1) is 35.7 Å². The first-order chi connectivity index (χ1) is 10.2. The number of nitrogens with zero attached hydrogens (tertiary/aromatic N) is 3. The molecule has 23 heavy (non-hydrogen) atoms. The number of carbonyl (C=O) groups excluding carboxylic acids is 2. The molecule has 0 aliphatic carbocycles. The number of carboxylic acids is 1. The summed E-state index contributed by atoms with van der Waals surface area (Å²) in [5.41, 5.74) is 1.37. The van der Waals surface area contributed by atoms with Gasteiger partial charge in [-0.3, -0.25) is 9.69 Å². The van der Waals surface area contributed by atoms with Crippen LogP contribution in [0.2, 0.25) is 0 Å². The van der Waals surface area contributed by atoms with Gasteiger partial charge in [-0.1, -0.05) is 0 Å². The van der Waals surface area contributed by atoms with Crippen molar-refractivity contribution < 1.29 is 54.5 Å². The molecule has 4 rings (SSSR count). The number of ether oxygens (including phenoxy) is 1. The number of carbonyl (C=O) groups is 2. The van der Waals surface area contributed by atoms with Gasteiger partial charge in [-0.25, -0.2) is 4.98 Å². The van der Waals surface area contributed by atoms with Crippen LogP contribution < -0.4 is 34.7 Å². The SMILES string of the molecule is O.O=C([O-])C1=CSC2C(=Cc3cnc4n3CCOC4)C(=O)N12.[Na+]. The fraction of sp³-hybridized carbons (Fsp3) is 0.308. The number of aliphatic carboxylic acids is 1. The van der Waals surface area contributed by atoms with Crippen LogP contribution in [0.15, 0.2) is 22.9 Å². The number of aromatic nitrogens is 2. The van der Waals surface area contributed by atoms with Gasteiger partial charge >= 0.3 is 29.6 Å². The zero-order chi connectivity index (χ0) is 14.6. The third kappa shape index (κ3) is 2.77. The van der Waals surface area contributed by atoms with Crippen LogP contribution in [-0.4, -0.2) is 43.8 Å². The Kier molecular flexibility index (Phi) is 5.39. The summed E-state index contributed by atoms with van der Waals surface area (Å²) < 4.78 is 7.33. The van der Waals surface area contributed by atoms with Gasteiger partial charge in [-0.15, -0.1) is 11.8 Å². The molecule has 1 aromatic heterocycles. The first kappa shape index (κ1) is 18.2. The summed E-state index contributed by atoms with van der Waals surface area (Å²) in [6, 6.07) is 0. The zero-order valence-electron chi connectivity index (χ0n) is 12.3. The molecule has 0 spiro atoms. The number of β-lactam (4-membered cyclic amide) rings is 1. The van der Waals surface area contributed by atoms with E-state index in [9.17, 15) is 14.7 Å². The van der Waals surface area contributed by atoms with Crippen molar-refractivity contribution >= 4 is 29.7 Å². The Morgan fingerprint density at radius 3 is 3.04 bits per heavy atom.